The van der Waals surface area contributed by atoms with Crippen molar-refractivity contribution in [3.05, 3.63) is 53.0 Å². The summed E-state index contributed by atoms with van der Waals surface area (Å²) in [5, 5.41) is 2.58. The number of carbonyl (C=O) groups is 1. The molecule has 0 aliphatic rings. The third kappa shape index (κ3) is 2.89. The second-order valence-corrected chi connectivity index (χ2v) is 4.45. The monoisotopic (exact) mass is 283 g/mol. The minimum absolute atomic E-state index is 0.129. The Morgan fingerprint density at radius 2 is 1.81 bits per heavy atom. The van der Waals surface area contributed by atoms with Crippen LogP contribution in [0.25, 0.3) is 0 Å². The molecule has 2 aromatic rings. The third-order valence-electron chi connectivity index (χ3n) is 3.17. The lowest BCUT2D eigenvalue weighted by molar-refractivity contribution is 0.0963. The van der Waals surface area contributed by atoms with E-state index in [9.17, 15) is 4.79 Å². The van der Waals surface area contributed by atoms with E-state index in [2.05, 4.69) is 20.3 Å². The smallest absolute Gasteiger partial charge is 0.251 e. The first kappa shape index (κ1) is 14.6. The van der Waals surface area contributed by atoms with Crippen LogP contribution in [-0.4, -0.2) is 35.7 Å². The zero-order valence-electron chi connectivity index (χ0n) is 12.2. The lowest BCUT2D eigenvalue weighted by Crippen LogP contribution is -2.18. The van der Waals surface area contributed by atoms with E-state index >= 15 is 0 Å². The number of aryl methyl sites for hydroxylation is 1. The van der Waals surface area contributed by atoms with E-state index in [1.54, 1.807) is 26.2 Å². The standard InChI is InChI=1S/C15H17N5O/c1-9-12(14(16)20-8-19-9)13(17-2)10-4-6-11(7-5-10)15(21)18-3/h4-8H,1-3H3,(H,18,21)(H2,16,19,20). The van der Waals surface area contributed by atoms with Gasteiger partial charge in [0.05, 0.1) is 17.0 Å². The van der Waals surface area contributed by atoms with Gasteiger partial charge in [0.1, 0.15) is 12.1 Å². The lowest BCUT2D eigenvalue weighted by atomic mass is 10.00. The Hall–Kier alpha value is -2.76. The molecule has 108 valence electrons. The Morgan fingerprint density at radius 3 is 2.33 bits per heavy atom. The molecule has 3 N–H and O–H groups in total. The average Bonchev–Trinajstić information content (AvgIpc) is 2.50. The number of nitrogens with one attached hydrogen (secondary N) is 1. The van der Waals surface area contributed by atoms with Crippen molar-refractivity contribution in [2.45, 2.75) is 6.92 Å². The summed E-state index contributed by atoms with van der Waals surface area (Å²) in [5.41, 5.74) is 9.56. The van der Waals surface area contributed by atoms with Crippen LogP contribution in [0.2, 0.25) is 0 Å². The van der Waals surface area contributed by atoms with Crippen molar-refractivity contribution in [1.29, 1.82) is 0 Å². The van der Waals surface area contributed by atoms with Crippen LogP contribution in [0, 0.1) is 6.92 Å². The van der Waals surface area contributed by atoms with Crippen molar-refractivity contribution in [3.63, 3.8) is 0 Å². The van der Waals surface area contributed by atoms with Gasteiger partial charge in [-0.1, -0.05) is 12.1 Å². The Labute approximate surface area is 123 Å². The van der Waals surface area contributed by atoms with Crippen molar-refractivity contribution in [1.82, 2.24) is 15.3 Å². The highest BCUT2D eigenvalue weighted by Gasteiger charge is 2.15. The summed E-state index contributed by atoms with van der Waals surface area (Å²) in [4.78, 5) is 24.0. The molecule has 6 heteroatoms. The zero-order valence-corrected chi connectivity index (χ0v) is 12.2. The van der Waals surface area contributed by atoms with E-state index in [0.717, 1.165) is 11.3 Å². The summed E-state index contributed by atoms with van der Waals surface area (Å²) in [6.45, 7) is 1.86. The van der Waals surface area contributed by atoms with Gasteiger partial charge in [0.15, 0.2) is 0 Å². The summed E-state index contributed by atoms with van der Waals surface area (Å²) < 4.78 is 0. The van der Waals surface area contributed by atoms with E-state index < -0.39 is 0 Å². The molecule has 1 aromatic carbocycles. The van der Waals surface area contributed by atoms with Crippen LogP contribution in [0.1, 0.15) is 27.2 Å². The Balaban J connectivity index is 2.46. The van der Waals surface area contributed by atoms with Crippen LogP contribution in [0.15, 0.2) is 35.6 Å². The first-order valence-corrected chi connectivity index (χ1v) is 6.45. The Bertz CT molecular complexity index is 671. The summed E-state index contributed by atoms with van der Waals surface area (Å²) >= 11 is 0. The number of aromatic nitrogens is 2. The molecular weight excluding hydrogens is 266 g/mol. The van der Waals surface area contributed by atoms with Gasteiger partial charge in [-0.25, -0.2) is 9.97 Å². The van der Waals surface area contributed by atoms with Crippen molar-refractivity contribution < 1.29 is 4.79 Å². The van der Waals surface area contributed by atoms with Gasteiger partial charge < -0.3 is 11.1 Å². The second-order valence-electron chi connectivity index (χ2n) is 4.45. The highest BCUT2D eigenvalue weighted by atomic mass is 16.1. The maximum atomic E-state index is 11.6. The van der Waals surface area contributed by atoms with Gasteiger partial charge in [0.2, 0.25) is 0 Å². The van der Waals surface area contributed by atoms with Gasteiger partial charge in [0.25, 0.3) is 5.91 Å². The van der Waals surface area contributed by atoms with Crippen molar-refractivity contribution in [3.8, 4) is 0 Å². The van der Waals surface area contributed by atoms with Gasteiger partial charge >= 0.3 is 0 Å². The highest BCUT2D eigenvalue weighted by molar-refractivity contribution is 6.16. The summed E-state index contributed by atoms with van der Waals surface area (Å²) in [7, 11) is 3.29. The van der Waals surface area contributed by atoms with E-state index in [1.165, 1.54) is 6.33 Å². The van der Waals surface area contributed by atoms with Crippen LogP contribution in [-0.2, 0) is 0 Å². The molecule has 0 aliphatic carbocycles. The van der Waals surface area contributed by atoms with Crippen LogP contribution in [0.5, 0.6) is 0 Å². The van der Waals surface area contributed by atoms with Gasteiger partial charge in [0, 0.05) is 25.2 Å². The molecule has 21 heavy (non-hydrogen) atoms. The molecule has 0 atom stereocenters. The van der Waals surface area contributed by atoms with Crippen molar-refractivity contribution >= 4 is 17.4 Å². The minimum Gasteiger partial charge on any atom is -0.383 e. The van der Waals surface area contributed by atoms with E-state index in [4.69, 9.17) is 5.73 Å². The molecule has 0 spiro atoms. The largest absolute Gasteiger partial charge is 0.383 e. The van der Waals surface area contributed by atoms with Crippen LogP contribution < -0.4 is 11.1 Å². The van der Waals surface area contributed by atoms with Crippen LogP contribution in [0.4, 0.5) is 5.82 Å². The maximum absolute atomic E-state index is 11.6. The summed E-state index contributed by atoms with van der Waals surface area (Å²) in [6, 6.07) is 7.15. The molecule has 0 aliphatic heterocycles. The third-order valence-corrected chi connectivity index (χ3v) is 3.17. The first-order chi connectivity index (χ1) is 10.1. The number of hydrogen-bond acceptors (Lipinski definition) is 5. The predicted molar refractivity (Wildman–Crippen MR) is 82.6 cm³/mol. The van der Waals surface area contributed by atoms with Gasteiger partial charge in [-0.15, -0.1) is 0 Å². The molecule has 1 amide bonds. The molecule has 0 radical (unpaired) electrons. The molecule has 1 heterocycles. The fraction of sp³-hybridized carbons (Fsp3) is 0.200. The predicted octanol–water partition coefficient (Wildman–Crippen LogP) is 1.19. The summed E-state index contributed by atoms with van der Waals surface area (Å²) in [5.74, 6) is 0.258. The first-order valence-electron chi connectivity index (χ1n) is 6.45. The van der Waals surface area contributed by atoms with Crippen molar-refractivity contribution in [2.75, 3.05) is 19.8 Å². The van der Waals surface area contributed by atoms with E-state index in [1.807, 2.05) is 19.1 Å². The normalized spacial score (nSPS) is 11.3. The number of hydrogen-bond donors (Lipinski definition) is 2. The number of nitrogens with two attached hydrogens (primary N) is 1. The Kier molecular flexibility index (Phi) is 4.27. The molecule has 6 nitrogen and oxygen atoms in total. The topological polar surface area (TPSA) is 93.3 Å². The zero-order chi connectivity index (χ0) is 15.4. The number of benzene rings is 1. The molecule has 2 rings (SSSR count). The molecule has 0 bridgehead atoms. The number of nitrogens with zero attached hydrogens (tertiary/aromatic N) is 3. The maximum Gasteiger partial charge on any atom is 0.251 e. The molecular formula is C15H17N5O. The van der Waals surface area contributed by atoms with Gasteiger partial charge in [-0.3, -0.25) is 9.79 Å². The number of aliphatic imine (C=N–C) groups is 1. The molecule has 0 saturated heterocycles. The molecule has 1 aromatic heterocycles. The number of rotatable bonds is 3. The molecule has 0 fully saturated rings. The highest BCUT2D eigenvalue weighted by Crippen LogP contribution is 2.18. The molecule has 0 saturated carbocycles. The fourth-order valence-electron chi connectivity index (χ4n) is 2.09. The Morgan fingerprint density at radius 1 is 1.19 bits per heavy atom. The number of nitrogen functional groups attached to an aromatic ring is 1. The van der Waals surface area contributed by atoms with Crippen LogP contribution >= 0.6 is 0 Å². The number of anilines is 1. The summed E-state index contributed by atoms with van der Waals surface area (Å²) in [6.07, 6.45) is 1.43. The van der Waals surface area contributed by atoms with Gasteiger partial charge in [-0.2, -0.15) is 0 Å². The van der Waals surface area contributed by atoms with E-state index in [0.29, 0.717) is 22.7 Å². The SMILES string of the molecule is CN=C(c1ccc(C(=O)NC)cc1)c1c(C)ncnc1N. The molecule has 0 unspecified atom stereocenters. The minimum atomic E-state index is -0.129. The average molecular weight is 283 g/mol. The number of carbonyl (C=O) groups excluding carboxylic acids is 1. The fourth-order valence-corrected chi connectivity index (χ4v) is 2.09. The van der Waals surface area contributed by atoms with Crippen LogP contribution in [0.3, 0.4) is 0 Å². The number of amides is 1. The van der Waals surface area contributed by atoms with E-state index in [-0.39, 0.29) is 5.91 Å². The quantitative estimate of drug-likeness (QED) is 0.827. The van der Waals surface area contributed by atoms with Gasteiger partial charge in [-0.05, 0) is 19.1 Å². The van der Waals surface area contributed by atoms with Crippen molar-refractivity contribution in [2.24, 2.45) is 4.99 Å². The second kappa shape index (κ2) is 6.13. The lowest BCUT2D eigenvalue weighted by Gasteiger charge is -2.11.